The fourth-order valence-corrected chi connectivity index (χ4v) is 3.13. The van der Waals surface area contributed by atoms with Crippen molar-refractivity contribution < 1.29 is 0 Å². The number of rotatable bonds is 0. The molecule has 0 saturated heterocycles. The second kappa shape index (κ2) is 4.14. The van der Waals surface area contributed by atoms with Gasteiger partial charge in [-0.2, -0.15) is 0 Å². The van der Waals surface area contributed by atoms with Gasteiger partial charge in [0.1, 0.15) is 0 Å². The molecule has 1 atom stereocenters. The van der Waals surface area contributed by atoms with E-state index in [1.807, 2.05) is 37.1 Å². The van der Waals surface area contributed by atoms with Crippen LogP contribution < -0.4 is 4.90 Å². The van der Waals surface area contributed by atoms with Crippen LogP contribution in [0.25, 0.3) is 6.08 Å². The van der Waals surface area contributed by atoms with E-state index in [1.165, 1.54) is 0 Å². The number of hydrogen-bond donors (Lipinski definition) is 0. The molecule has 0 N–H and O–H groups in total. The first kappa shape index (κ1) is 12.1. The first-order chi connectivity index (χ1) is 7.41. The molecule has 0 fully saturated rings. The highest BCUT2D eigenvalue weighted by atomic mass is 35.6. The maximum absolute atomic E-state index is 6.02. The predicted molar refractivity (Wildman–Crippen MR) is 72.6 cm³/mol. The fraction of sp³-hybridized carbons (Fsp3) is 0.333. The molecule has 1 aliphatic heterocycles. The lowest BCUT2D eigenvalue weighted by molar-refractivity contribution is 0.722. The van der Waals surface area contributed by atoms with Crippen molar-refractivity contribution in [3.05, 3.63) is 35.4 Å². The molecule has 1 aliphatic rings. The number of halogens is 3. The minimum atomic E-state index is -1.32. The Bertz CT molecular complexity index is 434. The van der Waals surface area contributed by atoms with E-state index in [4.69, 9.17) is 34.8 Å². The highest BCUT2D eigenvalue weighted by Gasteiger charge is 2.39. The van der Waals surface area contributed by atoms with Crippen molar-refractivity contribution in [2.75, 3.05) is 11.9 Å². The molecule has 4 heteroatoms. The topological polar surface area (TPSA) is 3.24 Å². The molecule has 0 spiro atoms. The zero-order valence-electron chi connectivity index (χ0n) is 9.05. The van der Waals surface area contributed by atoms with Crippen molar-refractivity contribution in [2.45, 2.75) is 16.8 Å². The molecule has 0 aliphatic carbocycles. The number of alkyl halides is 3. The lowest BCUT2D eigenvalue weighted by atomic mass is 9.98. The lowest BCUT2D eigenvalue weighted by Gasteiger charge is -2.39. The van der Waals surface area contributed by atoms with Crippen molar-refractivity contribution in [1.82, 2.24) is 0 Å². The molecule has 86 valence electrons. The van der Waals surface area contributed by atoms with E-state index >= 15 is 0 Å². The Morgan fingerprint density at radius 2 is 1.81 bits per heavy atom. The van der Waals surface area contributed by atoms with Crippen molar-refractivity contribution in [3.8, 4) is 0 Å². The highest BCUT2D eigenvalue weighted by molar-refractivity contribution is 6.68. The van der Waals surface area contributed by atoms with E-state index in [-0.39, 0.29) is 6.04 Å². The molecule has 0 bridgehead atoms. The van der Waals surface area contributed by atoms with Crippen LogP contribution in [0, 0.1) is 0 Å². The number of anilines is 1. The molecule has 1 heterocycles. The number of hydrogen-bond acceptors (Lipinski definition) is 1. The van der Waals surface area contributed by atoms with Crippen LogP contribution in [-0.4, -0.2) is 16.9 Å². The van der Waals surface area contributed by atoms with Crippen LogP contribution in [0.2, 0.25) is 0 Å². The van der Waals surface area contributed by atoms with E-state index in [0.29, 0.717) is 0 Å². The van der Waals surface area contributed by atoms with E-state index in [1.54, 1.807) is 0 Å². The monoisotopic (exact) mass is 275 g/mol. The second-order valence-electron chi connectivity index (χ2n) is 4.00. The molecular weight excluding hydrogens is 264 g/mol. The Hall–Kier alpha value is -0.370. The van der Waals surface area contributed by atoms with Crippen LogP contribution in [0.4, 0.5) is 5.69 Å². The summed E-state index contributed by atoms with van der Waals surface area (Å²) in [6, 6.07) is 7.86. The SMILES string of the molecule is CC1=Cc2ccccc2N(C)C1C(Cl)(Cl)Cl. The molecule has 1 aromatic rings. The summed E-state index contributed by atoms with van der Waals surface area (Å²) in [5.41, 5.74) is 3.30. The van der Waals surface area contributed by atoms with E-state index in [2.05, 4.69) is 12.1 Å². The summed E-state index contributed by atoms with van der Waals surface area (Å²) in [6.07, 6.45) is 2.07. The second-order valence-corrected chi connectivity index (χ2v) is 6.37. The van der Waals surface area contributed by atoms with Crippen LogP contribution in [0.1, 0.15) is 12.5 Å². The van der Waals surface area contributed by atoms with Crippen molar-refractivity contribution in [1.29, 1.82) is 0 Å². The molecule has 1 unspecified atom stereocenters. The molecule has 1 aromatic carbocycles. The summed E-state index contributed by atoms with van der Waals surface area (Å²) in [4.78, 5) is 2.01. The highest BCUT2D eigenvalue weighted by Crippen LogP contribution is 2.42. The third kappa shape index (κ3) is 2.04. The third-order valence-electron chi connectivity index (χ3n) is 2.83. The average Bonchev–Trinajstić information content (AvgIpc) is 2.15. The molecule has 16 heavy (non-hydrogen) atoms. The zero-order chi connectivity index (χ0) is 11.9. The van der Waals surface area contributed by atoms with Gasteiger partial charge < -0.3 is 4.90 Å². The van der Waals surface area contributed by atoms with Gasteiger partial charge in [-0.1, -0.05) is 59.1 Å². The molecule has 0 saturated carbocycles. The molecule has 0 amide bonds. The maximum Gasteiger partial charge on any atom is 0.214 e. The summed E-state index contributed by atoms with van der Waals surface area (Å²) in [6.45, 7) is 1.99. The van der Waals surface area contributed by atoms with Gasteiger partial charge in [-0.25, -0.2) is 0 Å². The average molecular weight is 277 g/mol. The Balaban J connectivity index is 2.52. The van der Waals surface area contributed by atoms with Gasteiger partial charge in [0.2, 0.25) is 3.79 Å². The minimum Gasteiger partial charge on any atom is -0.363 e. The minimum absolute atomic E-state index is 0.215. The first-order valence-corrected chi connectivity index (χ1v) is 6.11. The largest absolute Gasteiger partial charge is 0.363 e. The van der Waals surface area contributed by atoms with Gasteiger partial charge in [0, 0.05) is 12.7 Å². The molecule has 0 radical (unpaired) electrons. The maximum atomic E-state index is 6.02. The van der Waals surface area contributed by atoms with Gasteiger partial charge in [0.25, 0.3) is 0 Å². The Labute approximate surface area is 111 Å². The summed E-state index contributed by atoms with van der Waals surface area (Å²) >= 11 is 18.0. The number of fused-ring (bicyclic) bond motifs is 1. The van der Waals surface area contributed by atoms with E-state index < -0.39 is 3.79 Å². The molecule has 2 rings (SSSR count). The normalized spacial score (nSPS) is 20.4. The predicted octanol–water partition coefficient (Wildman–Crippen LogP) is 4.28. The first-order valence-electron chi connectivity index (χ1n) is 4.98. The Morgan fingerprint density at radius 3 is 2.44 bits per heavy atom. The van der Waals surface area contributed by atoms with Gasteiger partial charge in [-0.3, -0.25) is 0 Å². The quantitative estimate of drug-likeness (QED) is 0.639. The third-order valence-corrected chi connectivity index (χ3v) is 3.45. The fourth-order valence-electron chi connectivity index (χ4n) is 2.18. The van der Waals surface area contributed by atoms with Crippen LogP contribution in [0.3, 0.4) is 0 Å². The van der Waals surface area contributed by atoms with Crippen LogP contribution >= 0.6 is 34.8 Å². The van der Waals surface area contributed by atoms with Crippen LogP contribution in [0.15, 0.2) is 29.8 Å². The Morgan fingerprint density at radius 1 is 1.19 bits per heavy atom. The lowest BCUT2D eigenvalue weighted by Crippen LogP contribution is -2.44. The van der Waals surface area contributed by atoms with Crippen molar-refractivity contribution >= 4 is 46.6 Å². The van der Waals surface area contributed by atoms with Crippen molar-refractivity contribution in [3.63, 3.8) is 0 Å². The Kier molecular flexibility index (Phi) is 3.13. The molecule has 1 nitrogen and oxygen atoms in total. The number of nitrogens with zero attached hydrogens (tertiary/aromatic N) is 1. The van der Waals surface area contributed by atoms with Gasteiger partial charge in [0.15, 0.2) is 0 Å². The van der Waals surface area contributed by atoms with Crippen LogP contribution in [-0.2, 0) is 0 Å². The van der Waals surface area contributed by atoms with E-state index in [0.717, 1.165) is 16.8 Å². The molecular formula is C12H12Cl3N. The molecule has 0 aromatic heterocycles. The summed E-state index contributed by atoms with van der Waals surface area (Å²) in [5, 5.41) is 0. The summed E-state index contributed by atoms with van der Waals surface area (Å²) in [7, 11) is 1.95. The van der Waals surface area contributed by atoms with Gasteiger partial charge in [-0.05, 0) is 24.1 Å². The van der Waals surface area contributed by atoms with E-state index in [9.17, 15) is 0 Å². The van der Waals surface area contributed by atoms with Gasteiger partial charge in [0.05, 0.1) is 6.04 Å². The number of benzene rings is 1. The van der Waals surface area contributed by atoms with Gasteiger partial charge in [-0.15, -0.1) is 0 Å². The summed E-state index contributed by atoms with van der Waals surface area (Å²) in [5.74, 6) is 0. The smallest absolute Gasteiger partial charge is 0.214 e. The number of likely N-dealkylation sites (N-methyl/N-ethyl adjacent to an activating group) is 1. The van der Waals surface area contributed by atoms with Crippen LogP contribution in [0.5, 0.6) is 0 Å². The van der Waals surface area contributed by atoms with Crippen molar-refractivity contribution in [2.24, 2.45) is 0 Å². The standard InChI is InChI=1S/C12H12Cl3N/c1-8-7-9-5-3-4-6-10(9)16(2)11(8)12(13,14)15/h3-7,11H,1-2H3. The number of para-hydroxylation sites is 1. The van der Waals surface area contributed by atoms with Gasteiger partial charge >= 0.3 is 0 Å². The zero-order valence-corrected chi connectivity index (χ0v) is 11.3. The summed E-state index contributed by atoms with van der Waals surface area (Å²) < 4.78 is -1.32.